The van der Waals surface area contributed by atoms with Crippen LogP contribution in [0, 0.1) is 0 Å². The first-order chi connectivity index (χ1) is 7.22. The van der Waals surface area contributed by atoms with Gasteiger partial charge in [-0.05, 0) is 30.8 Å². The van der Waals surface area contributed by atoms with E-state index in [9.17, 15) is 4.79 Å². The second kappa shape index (κ2) is 6.14. The molecular weight excluding hydrogens is 208 g/mol. The standard InChI is InChI=1S/C11H14N2OS/c1-2-6-10(14)13-11(15)12-9-7-4-3-5-8-9/h3-5,7-8H,2,6H2,1H3,(H2,12,13,14,15). The number of amides is 1. The average Bonchev–Trinajstić information content (AvgIpc) is 2.19. The highest BCUT2D eigenvalue weighted by Gasteiger charge is 2.02. The number of carbonyl (C=O) groups excluding carboxylic acids is 1. The van der Waals surface area contributed by atoms with Gasteiger partial charge in [-0.15, -0.1) is 0 Å². The predicted molar refractivity (Wildman–Crippen MR) is 65.7 cm³/mol. The Kier molecular flexibility index (Phi) is 4.77. The summed E-state index contributed by atoms with van der Waals surface area (Å²) in [4.78, 5) is 11.2. The molecule has 0 bridgehead atoms. The van der Waals surface area contributed by atoms with E-state index in [0.717, 1.165) is 12.1 Å². The van der Waals surface area contributed by atoms with E-state index in [4.69, 9.17) is 12.2 Å². The molecule has 0 heterocycles. The largest absolute Gasteiger partial charge is 0.332 e. The SMILES string of the molecule is CCCC(=O)NC(=S)Nc1ccccc1. The molecule has 0 aliphatic rings. The van der Waals surface area contributed by atoms with Crippen molar-refractivity contribution in [1.29, 1.82) is 0 Å². The summed E-state index contributed by atoms with van der Waals surface area (Å²) in [7, 11) is 0. The van der Waals surface area contributed by atoms with Crippen molar-refractivity contribution in [3.63, 3.8) is 0 Å². The van der Waals surface area contributed by atoms with Crippen LogP contribution in [0.2, 0.25) is 0 Å². The Morgan fingerprint density at radius 3 is 2.60 bits per heavy atom. The third kappa shape index (κ3) is 4.56. The number of rotatable bonds is 3. The number of carbonyl (C=O) groups is 1. The van der Waals surface area contributed by atoms with E-state index in [2.05, 4.69) is 10.6 Å². The zero-order valence-electron chi connectivity index (χ0n) is 8.62. The highest BCUT2D eigenvalue weighted by Crippen LogP contribution is 2.04. The van der Waals surface area contributed by atoms with Gasteiger partial charge >= 0.3 is 0 Å². The van der Waals surface area contributed by atoms with Crippen molar-refractivity contribution < 1.29 is 4.79 Å². The highest BCUT2D eigenvalue weighted by molar-refractivity contribution is 7.80. The van der Waals surface area contributed by atoms with E-state index in [-0.39, 0.29) is 5.91 Å². The van der Waals surface area contributed by atoms with Crippen molar-refractivity contribution in [3.8, 4) is 0 Å². The molecule has 0 saturated heterocycles. The minimum Gasteiger partial charge on any atom is -0.332 e. The lowest BCUT2D eigenvalue weighted by atomic mass is 10.3. The Balaban J connectivity index is 2.40. The molecule has 0 unspecified atom stereocenters. The van der Waals surface area contributed by atoms with Crippen LogP contribution in [0.1, 0.15) is 19.8 Å². The second-order valence-electron chi connectivity index (χ2n) is 3.12. The van der Waals surface area contributed by atoms with E-state index in [0.29, 0.717) is 11.5 Å². The van der Waals surface area contributed by atoms with Gasteiger partial charge in [0.1, 0.15) is 0 Å². The Morgan fingerprint density at radius 2 is 2.00 bits per heavy atom. The molecule has 1 aromatic carbocycles. The summed E-state index contributed by atoms with van der Waals surface area (Å²) in [6.45, 7) is 1.95. The van der Waals surface area contributed by atoms with Crippen LogP contribution in [0.25, 0.3) is 0 Å². The summed E-state index contributed by atoms with van der Waals surface area (Å²) in [5.74, 6) is -0.0501. The summed E-state index contributed by atoms with van der Waals surface area (Å²) in [6, 6.07) is 9.50. The summed E-state index contributed by atoms with van der Waals surface area (Å²) in [6.07, 6.45) is 1.32. The maximum absolute atomic E-state index is 11.2. The number of benzene rings is 1. The van der Waals surface area contributed by atoms with Gasteiger partial charge in [0.25, 0.3) is 0 Å². The number of nitrogens with one attached hydrogen (secondary N) is 2. The third-order valence-electron chi connectivity index (χ3n) is 1.76. The molecule has 0 aromatic heterocycles. The van der Waals surface area contributed by atoms with Gasteiger partial charge in [-0.1, -0.05) is 25.1 Å². The lowest BCUT2D eigenvalue weighted by Crippen LogP contribution is -2.33. The van der Waals surface area contributed by atoms with Crippen LogP contribution in [0.15, 0.2) is 30.3 Å². The molecule has 0 fully saturated rings. The van der Waals surface area contributed by atoms with Gasteiger partial charge < -0.3 is 10.6 Å². The van der Waals surface area contributed by atoms with E-state index in [1.54, 1.807) is 0 Å². The Hall–Kier alpha value is -1.42. The molecule has 80 valence electrons. The lowest BCUT2D eigenvalue weighted by molar-refractivity contribution is -0.119. The van der Waals surface area contributed by atoms with Crippen molar-refractivity contribution in [1.82, 2.24) is 5.32 Å². The van der Waals surface area contributed by atoms with Crippen LogP contribution in [0.4, 0.5) is 5.69 Å². The Morgan fingerprint density at radius 1 is 1.33 bits per heavy atom. The average molecular weight is 222 g/mol. The number of hydrogen-bond acceptors (Lipinski definition) is 2. The number of anilines is 1. The van der Waals surface area contributed by atoms with Gasteiger partial charge in [-0.3, -0.25) is 4.79 Å². The minimum absolute atomic E-state index is 0.0501. The van der Waals surface area contributed by atoms with Crippen LogP contribution < -0.4 is 10.6 Å². The second-order valence-corrected chi connectivity index (χ2v) is 3.53. The topological polar surface area (TPSA) is 41.1 Å². The molecule has 3 nitrogen and oxygen atoms in total. The zero-order valence-corrected chi connectivity index (χ0v) is 9.43. The predicted octanol–water partition coefficient (Wildman–Crippen LogP) is 2.30. The van der Waals surface area contributed by atoms with E-state index < -0.39 is 0 Å². The number of thiocarbonyl (C=S) groups is 1. The quantitative estimate of drug-likeness (QED) is 0.771. The fourth-order valence-electron chi connectivity index (χ4n) is 1.10. The molecule has 1 aromatic rings. The molecule has 1 amide bonds. The first-order valence-electron chi connectivity index (χ1n) is 4.88. The van der Waals surface area contributed by atoms with E-state index >= 15 is 0 Å². The Labute approximate surface area is 94.9 Å². The monoisotopic (exact) mass is 222 g/mol. The molecule has 2 N–H and O–H groups in total. The molecule has 0 atom stereocenters. The van der Waals surface area contributed by atoms with Crippen molar-refractivity contribution in [2.24, 2.45) is 0 Å². The maximum atomic E-state index is 11.2. The maximum Gasteiger partial charge on any atom is 0.226 e. The summed E-state index contributed by atoms with van der Waals surface area (Å²) >= 11 is 4.98. The first-order valence-corrected chi connectivity index (χ1v) is 5.29. The molecule has 0 saturated carbocycles. The van der Waals surface area contributed by atoms with Crippen LogP contribution in [0.5, 0.6) is 0 Å². The molecule has 0 aliphatic heterocycles. The summed E-state index contributed by atoms with van der Waals surface area (Å²) in [5, 5.41) is 5.89. The molecular formula is C11H14N2OS. The molecule has 4 heteroatoms. The first kappa shape index (κ1) is 11.7. The van der Waals surface area contributed by atoms with E-state index in [1.807, 2.05) is 37.3 Å². The summed E-state index contributed by atoms with van der Waals surface area (Å²) in [5.41, 5.74) is 0.874. The third-order valence-corrected chi connectivity index (χ3v) is 1.97. The van der Waals surface area contributed by atoms with Crippen LogP contribution in [-0.4, -0.2) is 11.0 Å². The number of hydrogen-bond donors (Lipinski definition) is 2. The van der Waals surface area contributed by atoms with Crippen molar-refractivity contribution >= 4 is 28.9 Å². The van der Waals surface area contributed by atoms with Gasteiger partial charge in [0.2, 0.25) is 5.91 Å². The van der Waals surface area contributed by atoms with Gasteiger partial charge in [-0.2, -0.15) is 0 Å². The van der Waals surface area contributed by atoms with Crippen LogP contribution >= 0.6 is 12.2 Å². The molecule has 1 rings (SSSR count). The van der Waals surface area contributed by atoms with Gasteiger partial charge in [0.05, 0.1) is 0 Å². The smallest absolute Gasteiger partial charge is 0.226 e. The van der Waals surface area contributed by atoms with Gasteiger partial charge in [-0.25, -0.2) is 0 Å². The van der Waals surface area contributed by atoms with E-state index in [1.165, 1.54) is 0 Å². The normalized spacial score (nSPS) is 9.40. The molecule has 0 aliphatic carbocycles. The summed E-state index contributed by atoms with van der Waals surface area (Å²) < 4.78 is 0. The molecule has 0 radical (unpaired) electrons. The minimum atomic E-state index is -0.0501. The highest BCUT2D eigenvalue weighted by atomic mass is 32.1. The zero-order chi connectivity index (χ0) is 11.1. The van der Waals surface area contributed by atoms with Gasteiger partial charge in [0, 0.05) is 12.1 Å². The van der Waals surface area contributed by atoms with Crippen molar-refractivity contribution in [2.75, 3.05) is 5.32 Å². The molecule has 0 spiro atoms. The fraction of sp³-hybridized carbons (Fsp3) is 0.273. The van der Waals surface area contributed by atoms with Crippen LogP contribution in [-0.2, 0) is 4.79 Å². The fourth-order valence-corrected chi connectivity index (χ4v) is 1.33. The number of para-hydroxylation sites is 1. The Bertz CT molecular complexity index is 338. The lowest BCUT2D eigenvalue weighted by Gasteiger charge is -2.08. The molecule has 15 heavy (non-hydrogen) atoms. The van der Waals surface area contributed by atoms with Crippen molar-refractivity contribution in [3.05, 3.63) is 30.3 Å². The van der Waals surface area contributed by atoms with Crippen molar-refractivity contribution in [2.45, 2.75) is 19.8 Å². The van der Waals surface area contributed by atoms with Crippen LogP contribution in [0.3, 0.4) is 0 Å². The van der Waals surface area contributed by atoms with Gasteiger partial charge in [0.15, 0.2) is 5.11 Å².